The molecule has 3 aromatic heterocycles. The summed E-state index contributed by atoms with van der Waals surface area (Å²) >= 11 is 0. The summed E-state index contributed by atoms with van der Waals surface area (Å²) in [7, 11) is 4.25. The van der Waals surface area contributed by atoms with Gasteiger partial charge in [-0.3, -0.25) is 0 Å². The minimum Gasteiger partial charge on any atom is -0.436 e. The maximum absolute atomic E-state index is 6.09. The lowest BCUT2D eigenvalue weighted by Gasteiger charge is -2.24. The van der Waals surface area contributed by atoms with Crippen molar-refractivity contribution in [1.29, 1.82) is 0 Å². The molecule has 1 aromatic carbocycles. The van der Waals surface area contributed by atoms with E-state index in [0.29, 0.717) is 5.71 Å². The van der Waals surface area contributed by atoms with Crippen molar-refractivity contribution in [2.24, 2.45) is 7.05 Å². The SMILES string of the molecule is CC1=c2c(oc3nc(C)ccc23)=CN(C)B1c1cc(C)c(-c2ccccc2)c[n+]1C. The van der Waals surface area contributed by atoms with Gasteiger partial charge in [-0.1, -0.05) is 35.8 Å². The van der Waals surface area contributed by atoms with Crippen LogP contribution in [0.3, 0.4) is 0 Å². The molecule has 0 saturated heterocycles. The number of benzene rings is 1. The molecule has 0 unspecified atom stereocenters. The average Bonchev–Trinajstić information content (AvgIpc) is 3.08. The molecule has 0 N–H and O–H groups in total. The predicted octanol–water partition coefficient (Wildman–Crippen LogP) is 2.23. The molecule has 0 spiro atoms. The van der Waals surface area contributed by atoms with Crippen LogP contribution in [0.4, 0.5) is 0 Å². The number of hydrogen-bond donors (Lipinski definition) is 0. The van der Waals surface area contributed by atoms with Gasteiger partial charge in [0.2, 0.25) is 5.71 Å². The Hall–Kier alpha value is -3.34. The average molecular weight is 394 g/mol. The standard InChI is InChI=1S/C25H25BN3O/c1-16-13-23(28(4)14-21(16)19-9-7-6-8-10-19)26-18(3)24-20-12-11-17(2)27-25(20)30-22(24)15-29(26)5/h6-15H,1-5H3/q+1. The highest BCUT2D eigenvalue weighted by molar-refractivity contribution is 6.85. The van der Waals surface area contributed by atoms with E-state index in [0.717, 1.165) is 16.5 Å². The minimum atomic E-state index is 0.133. The largest absolute Gasteiger partial charge is 0.436 e. The Morgan fingerprint density at radius 3 is 2.57 bits per heavy atom. The third kappa shape index (κ3) is 2.85. The number of furan rings is 1. The van der Waals surface area contributed by atoms with Crippen LogP contribution < -0.4 is 20.8 Å². The van der Waals surface area contributed by atoms with E-state index in [1.807, 2.05) is 6.92 Å². The number of hydrogen-bond acceptors (Lipinski definition) is 3. The van der Waals surface area contributed by atoms with Gasteiger partial charge in [0, 0.05) is 34.1 Å². The van der Waals surface area contributed by atoms with Crippen LogP contribution in [0.15, 0.2) is 59.1 Å². The second-order valence-corrected chi connectivity index (χ2v) is 8.30. The molecular formula is C25H25BN3O+. The first-order chi connectivity index (χ1) is 14.4. The van der Waals surface area contributed by atoms with Crippen LogP contribution in [0, 0.1) is 13.8 Å². The maximum atomic E-state index is 6.09. The molecule has 5 rings (SSSR count). The van der Waals surface area contributed by atoms with Gasteiger partial charge < -0.3 is 9.23 Å². The molecule has 1 aliphatic rings. The number of nitrogens with zero attached hydrogens (tertiary/aromatic N) is 3. The normalized spacial score (nSPS) is 13.6. The molecule has 0 atom stereocenters. The van der Waals surface area contributed by atoms with Gasteiger partial charge in [-0.15, -0.1) is 0 Å². The van der Waals surface area contributed by atoms with Gasteiger partial charge in [-0.25, -0.2) is 9.55 Å². The highest BCUT2D eigenvalue weighted by Gasteiger charge is 2.35. The zero-order chi connectivity index (χ0) is 21.0. The monoisotopic (exact) mass is 394 g/mol. The summed E-state index contributed by atoms with van der Waals surface area (Å²) < 4.78 is 8.34. The number of aryl methyl sites for hydroxylation is 3. The Morgan fingerprint density at radius 2 is 1.80 bits per heavy atom. The third-order valence-electron chi connectivity index (χ3n) is 6.14. The quantitative estimate of drug-likeness (QED) is 0.386. The summed E-state index contributed by atoms with van der Waals surface area (Å²) in [5.41, 5.74) is 8.88. The fraction of sp³-hybridized carbons (Fsp3) is 0.200. The van der Waals surface area contributed by atoms with Crippen LogP contribution in [0.25, 0.3) is 33.9 Å². The fourth-order valence-corrected chi connectivity index (χ4v) is 4.68. The fourth-order valence-electron chi connectivity index (χ4n) is 4.68. The lowest BCUT2D eigenvalue weighted by molar-refractivity contribution is -0.653. The zero-order valence-corrected chi connectivity index (χ0v) is 18.1. The molecule has 0 aliphatic carbocycles. The second kappa shape index (κ2) is 6.87. The molecule has 5 heteroatoms. The Kier molecular flexibility index (Phi) is 4.28. The van der Waals surface area contributed by atoms with E-state index in [9.17, 15) is 0 Å². The van der Waals surface area contributed by atoms with Crippen molar-refractivity contribution >= 4 is 35.2 Å². The third-order valence-corrected chi connectivity index (χ3v) is 6.14. The van der Waals surface area contributed by atoms with E-state index in [1.54, 1.807) is 0 Å². The molecule has 0 saturated carbocycles. The first-order valence-electron chi connectivity index (χ1n) is 10.3. The van der Waals surface area contributed by atoms with Gasteiger partial charge in [0.1, 0.15) is 7.05 Å². The first-order valence-corrected chi connectivity index (χ1v) is 10.3. The van der Waals surface area contributed by atoms with Crippen LogP contribution in [-0.2, 0) is 7.05 Å². The molecule has 0 fully saturated rings. The van der Waals surface area contributed by atoms with Crippen LogP contribution >= 0.6 is 0 Å². The van der Waals surface area contributed by atoms with Crippen molar-refractivity contribution in [3.05, 3.63) is 76.6 Å². The van der Waals surface area contributed by atoms with Crippen molar-refractivity contribution in [3.63, 3.8) is 0 Å². The van der Waals surface area contributed by atoms with Gasteiger partial charge in [-0.05, 0) is 51.1 Å². The molecule has 4 heterocycles. The van der Waals surface area contributed by atoms with Gasteiger partial charge >= 0.3 is 6.85 Å². The second-order valence-electron chi connectivity index (χ2n) is 8.30. The molecular weight excluding hydrogens is 369 g/mol. The van der Waals surface area contributed by atoms with Crippen LogP contribution in [0.1, 0.15) is 18.2 Å². The summed E-state index contributed by atoms with van der Waals surface area (Å²) in [6, 6.07) is 17.1. The predicted molar refractivity (Wildman–Crippen MR) is 122 cm³/mol. The summed E-state index contributed by atoms with van der Waals surface area (Å²) in [6.07, 6.45) is 4.35. The summed E-state index contributed by atoms with van der Waals surface area (Å²) in [6.45, 7) is 6.53. The van der Waals surface area contributed by atoms with Gasteiger partial charge in [0.15, 0.2) is 17.2 Å². The number of rotatable bonds is 2. The lowest BCUT2D eigenvalue weighted by Crippen LogP contribution is -2.62. The molecule has 0 amide bonds. The Balaban J connectivity index is 1.71. The smallest absolute Gasteiger partial charge is 0.399 e. The van der Waals surface area contributed by atoms with E-state index in [-0.39, 0.29) is 6.85 Å². The lowest BCUT2D eigenvalue weighted by atomic mass is 9.50. The number of aromatic nitrogens is 2. The zero-order valence-electron chi connectivity index (χ0n) is 18.1. The molecule has 4 aromatic rings. The first kappa shape index (κ1) is 18.7. The molecule has 30 heavy (non-hydrogen) atoms. The van der Waals surface area contributed by atoms with Crippen molar-refractivity contribution in [3.8, 4) is 11.1 Å². The highest BCUT2D eigenvalue weighted by Crippen LogP contribution is 2.21. The summed E-state index contributed by atoms with van der Waals surface area (Å²) in [5.74, 6) is 0. The van der Waals surface area contributed by atoms with E-state index in [2.05, 4.69) is 103 Å². The highest BCUT2D eigenvalue weighted by atomic mass is 16.3. The molecule has 1 aliphatic heterocycles. The van der Waals surface area contributed by atoms with E-state index < -0.39 is 0 Å². The molecule has 4 nitrogen and oxygen atoms in total. The van der Waals surface area contributed by atoms with E-state index in [1.165, 1.54) is 33.0 Å². The Morgan fingerprint density at radius 1 is 1.03 bits per heavy atom. The Labute approximate surface area is 176 Å². The number of pyridine rings is 2. The van der Waals surface area contributed by atoms with Crippen LogP contribution in [-0.4, -0.2) is 23.7 Å². The number of fused-ring (bicyclic) bond motifs is 3. The topological polar surface area (TPSA) is 33.2 Å². The maximum Gasteiger partial charge on any atom is 0.399 e. The molecule has 148 valence electrons. The van der Waals surface area contributed by atoms with Crippen LogP contribution in [0.5, 0.6) is 0 Å². The summed E-state index contributed by atoms with van der Waals surface area (Å²) in [4.78, 5) is 6.83. The van der Waals surface area contributed by atoms with Gasteiger partial charge in [0.25, 0.3) is 0 Å². The van der Waals surface area contributed by atoms with Crippen molar-refractivity contribution in [1.82, 2.24) is 9.79 Å². The van der Waals surface area contributed by atoms with Crippen molar-refractivity contribution in [2.45, 2.75) is 20.8 Å². The van der Waals surface area contributed by atoms with Crippen molar-refractivity contribution in [2.75, 3.05) is 7.05 Å². The summed E-state index contributed by atoms with van der Waals surface area (Å²) in [5, 5.41) is 2.26. The molecule has 0 radical (unpaired) electrons. The minimum absolute atomic E-state index is 0.133. The van der Waals surface area contributed by atoms with Crippen LogP contribution in [0.2, 0.25) is 0 Å². The van der Waals surface area contributed by atoms with E-state index >= 15 is 0 Å². The van der Waals surface area contributed by atoms with E-state index in [4.69, 9.17) is 4.42 Å². The molecule has 0 bridgehead atoms. The van der Waals surface area contributed by atoms with Gasteiger partial charge in [0.05, 0.1) is 0 Å². The Bertz CT molecular complexity index is 1410. The van der Waals surface area contributed by atoms with Gasteiger partial charge in [-0.2, -0.15) is 0 Å². The van der Waals surface area contributed by atoms with Crippen molar-refractivity contribution < 1.29 is 8.98 Å².